The van der Waals surface area contributed by atoms with Crippen molar-refractivity contribution in [2.75, 3.05) is 41.0 Å². The van der Waals surface area contributed by atoms with Crippen LogP contribution in [0.5, 0.6) is 28.7 Å². The van der Waals surface area contributed by atoms with Crippen LogP contribution in [0, 0.1) is 24.2 Å². The summed E-state index contributed by atoms with van der Waals surface area (Å²) < 4.78 is 48.8. The molecule has 51 heavy (non-hydrogen) atoms. The Bertz CT molecular complexity index is 2000. The molecular formula is C36H38F3N5O7. The van der Waals surface area contributed by atoms with E-state index < -0.39 is 12.1 Å². The minimum Gasteiger partial charge on any atom is -0.508 e. The number of aryl methyl sites for hydroxylation is 1. The highest BCUT2D eigenvalue weighted by Crippen LogP contribution is 2.44. The number of nitrogens with zero attached hydrogens (tertiary/aromatic N) is 4. The van der Waals surface area contributed by atoms with Crippen LogP contribution in [0.4, 0.5) is 13.2 Å². The van der Waals surface area contributed by atoms with Gasteiger partial charge in [-0.15, -0.1) is 0 Å². The van der Waals surface area contributed by atoms with Crippen LogP contribution in [-0.4, -0.2) is 88.5 Å². The van der Waals surface area contributed by atoms with Crippen LogP contribution in [0.1, 0.15) is 24.1 Å². The molecule has 1 fully saturated rings. The number of methoxy groups -OCH3 is 2. The van der Waals surface area contributed by atoms with Gasteiger partial charge in [0.05, 0.1) is 44.4 Å². The SMILES string of the molecule is COc1ccc2c(-c3ccc(O)cc3)nc3n[nH]c(C)c3c2c1OCC1CCN(C)CC1.COc1cccc(CC#N)c1O.O=C(O)C(F)(F)F. The fraction of sp³-hybridized carbons (Fsp3) is 0.333. The first-order valence-electron chi connectivity index (χ1n) is 15.8. The minimum atomic E-state index is -5.08. The molecule has 0 aliphatic carbocycles. The highest BCUT2D eigenvalue weighted by atomic mass is 19.4. The number of carboxylic acid groups (broad SMARTS) is 1. The van der Waals surface area contributed by atoms with Crippen LogP contribution >= 0.6 is 0 Å². The van der Waals surface area contributed by atoms with Gasteiger partial charge in [0.2, 0.25) is 0 Å². The predicted octanol–water partition coefficient (Wildman–Crippen LogP) is 6.62. The Balaban J connectivity index is 0.000000253. The number of benzene rings is 3. The van der Waals surface area contributed by atoms with Crippen LogP contribution < -0.4 is 14.2 Å². The number of carboxylic acids is 1. The molecule has 0 radical (unpaired) electrons. The highest BCUT2D eigenvalue weighted by molar-refractivity contribution is 6.14. The van der Waals surface area contributed by atoms with Crippen molar-refractivity contribution in [3.8, 4) is 46.1 Å². The smallest absolute Gasteiger partial charge is 0.490 e. The molecule has 270 valence electrons. The second kappa shape index (κ2) is 16.8. The van der Waals surface area contributed by atoms with Gasteiger partial charge in [0.25, 0.3) is 0 Å². The lowest BCUT2D eigenvalue weighted by atomic mass is 9.97. The number of aromatic nitrogens is 3. The maximum atomic E-state index is 10.6. The maximum absolute atomic E-state index is 10.6. The molecule has 1 saturated heterocycles. The number of para-hydroxylation sites is 1. The lowest BCUT2D eigenvalue weighted by Gasteiger charge is -2.29. The quantitative estimate of drug-likeness (QED) is 0.143. The summed E-state index contributed by atoms with van der Waals surface area (Å²) in [5.41, 5.74) is 3.87. The molecule has 12 nitrogen and oxygen atoms in total. The van der Waals surface area contributed by atoms with Crippen LogP contribution in [0.25, 0.3) is 33.1 Å². The first-order chi connectivity index (χ1) is 24.3. The topological polar surface area (TPSA) is 174 Å². The summed E-state index contributed by atoms with van der Waals surface area (Å²) in [5.74, 6) is -0.114. The average molecular weight is 710 g/mol. The maximum Gasteiger partial charge on any atom is 0.490 e. The fourth-order valence-electron chi connectivity index (χ4n) is 5.51. The van der Waals surface area contributed by atoms with E-state index in [1.165, 1.54) is 7.11 Å². The number of phenolic OH excluding ortho intramolecular Hbond substituents is 2. The third-order valence-electron chi connectivity index (χ3n) is 8.25. The normalized spacial score (nSPS) is 13.4. The number of pyridine rings is 1. The number of aliphatic carboxylic acids is 1. The number of nitrogens with one attached hydrogen (secondary N) is 1. The molecule has 0 saturated carbocycles. The molecule has 0 atom stereocenters. The Kier molecular flexibility index (Phi) is 12.5. The summed E-state index contributed by atoms with van der Waals surface area (Å²) in [6.07, 6.45) is -2.63. The van der Waals surface area contributed by atoms with Gasteiger partial charge in [0.15, 0.2) is 28.6 Å². The Morgan fingerprint density at radius 1 is 1.02 bits per heavy atom. The Labute approximate surface area is 291 Å². The van der Waals surface area contributed by atoms with E-state index in [1.54, 1.807) is 37.4 Å². The third-order valence-corrected chi connectivity index (χ3v) is 8.25. The molecule has 0 unspecified atom stereocenters. The lowest BCUT2D eigenvalue weighted by molar-refractivity contribution is -0.192. The predicted molar refractivity (Wildman–Crippen MR) is 183 cm³/mol. The van der Waals surface area contributed by atoms with Crippen LogP contribution in [0.3, 0.4) is 0 Å². The summed E-state index contributed by atoms with van der Waals surface area (Å²) in [6, 6.07) is 18.1. The third kappa shape index (κ3) is 9.28. The van der Waals surface area contributed by atoms with Crippen LogP contribution in [-0.2, 0) is 11.2 Å². The molecule has 4 N–H and O–H groups in total. The number of carbonyl (C=O) groups is 1. The molecule has 3 heterocycles. The number of fused-ring (bicyclic) bond motifs is 3. The minimum absolute atomic E-state index is 0.0570. The molecule has 1 aliphatic rings. The number of ether oxygens (including phenoxy) is 3. The van der Waals surface area contributed by atoms with Crippen LogP contribution in [0.2, 0.25) is 0 Å². The number of nitriles is 1. The summed E-state index contributed by atoms with van der Waals surface area (Å²) in [6.45, 7) is 4.84. The molecule has 0 amide bonds. The van der Waals surface area contributed by atoms with E-state index in [-0.39, 0.29) is 17.9 Å². The molecule has 5 aromatic rings. The van der Waals surface area contributed by atoms with E-state index in [9.17, 15) is 23.4 Å². The number of H-pyrrole nitrogens is 1. The molecule has 0 bridgehead atoms. The summed E-state index contributed by atoms with van der Waals surface area (Å²) in [7, 11) is 5.32. The lowest BCUT2D eigenvalue weighted by Crippen LogP contribution is -2.32. The van der Waals surface area contributed by atoms with Crippen molar-refractivity contribution >= 4 is 27.8 Å². The first kappa shape index (κ1) is 38.1. The van der Waals surface area contributed by atoms with Gasteiger partial charge in [-0.3, -0.25) is 5.10 Å². The summed E-state index contributed by atoms with van der Waals surface area (Å²) in [4.78, 5) is 16.1. The first-order valence-corrected chi connectivity index (χ1v) is 15.8. The summed E-state index contributed by atoms with van der Waals surface area (Å²) >= 11 is 0. The fourth-order valence-corrected chi connectivity index (χ4v) is 5.51. The van der Waals surface area contributed by atoms with Gasteiger partial charge in [-0.25, -0.2) is 9.78 Å². The molecule has 6 rings (SSSR count). The van der Waals surface area contributed by atoms with Crippen molar-refractivity contribution in [3.63, 3.8) is 0 Å². The van der Waals surface area contributed by atoms with Gasteiger partial charge >= 0.3 is 12.1 Å². The molecule has 1 aliphatic heterocycles. The molecule has 2 aromatic heterocycles. The Morgan fingerprint density at radius 2 is 1.67 bits per heavy atom. The number of aromatic hydroxyl groups is 2. The number of phenols is 2. The van der Waals surface area contributed by atoms with Crippen molar-refractivity contribution in [2.24, 2.45) is 5.92 Å². The van der Waals surface area contributed by atoms with Gasteiger partial charge in [-0.1, -0.05) is 12.1 Å². The Hall–Kier alpha value is -5.75. The monoisotopic (exact) mass is 709 g/mol. The van der Waals surface area contributed by atoms with Gasteiger partial charge in [-0.2, -0.15) is 23.5 Å². The zero-order chi connectivity index (χ0) is 37.3. The standard InChI is InChI=1S/C25H28N4O3.C9H9NO2.C2HF3O2/c1-15-21-22-19(23(26-25(21)28-27-15)17-4-6-18(30)7-5-17)8-9-20(31-3)24(22)32-14-16-10-12-29(2)13-11-16;1-12-8-4-2-3-7(5-6-10)9(8)11;3-2(4,5)1(6)7/h4-9,16,30H,10-14H2,1-3H3,(H,26,27,28);2-4,11H,5H2,1H3;(H,6,7). The van der Waals surface area contributed by atoms with Gasteiger partial charge in [0, 0.05) is 27.6 Å². The number of likely N-dealkylation sites (tertiary alicyclic amines) is 1. The molecule has 0 spiro atoms. The molecular weight excluding hydrogens is 671 g/mol. The van der Waals surface area contributed by atoms with Crippen molar-refractivity contribution in [1.29, 1.82) is 5.26 Å². The van der Waals surface area contributed by atoms with E-state index in [0.29, 0.717) is 35.2 Å². The molecule has 15 heteroatoms. The number of alkyl halides is 3. The van der Waals surface area contributed by atoms with Gasteiger partial charge in [0.1, 0.15) is 5.75 Å². The van der Waals surface area contributed by atoms with E-state index >= 15 is 0 Å². The number of halogens is 3. The van der Waals surface area contributed by atoms with E-state index in [1.807, 2.05) is 37.3 Å². The largest absolute Gasteiger partial charge is 0.508 e. The van der Waals surface area contributed by atoms with Crippen molar-refractivity contribution in [3.05, 3.63) is 65.9 Å². The number of aromatic amines is 1. The second-order valence-electron chi connectivity index (χ2n) is 11.7. The van der Waals surface area contributed by atoms with Gasteiger partial charge < -0.3 is 34.4 Å². The number of rotatable bonds is 7. The number of hydrogen-bond acceptors (Lipinski definition) is 10. The highest BCUT2D eigenvalue weighted by Gasteiger charge is 2.38. The Morgan fingerprint density at radius 3 is 2.25 bits per heavy atom. The average Bonchev–Trinajstić information content (AvgIpc) is 3.49. The van der Waals surface area contributed by atoms with E-state index in [2.05, 4.69) is 22.1 Å². The zero-order valence-corrected chi connectivity index (χ0v) is 28.4. The van der Waals surface area contributed by atoms with E-state index in [0.717, 1.165) is 64.8 Å². The second-order valence-corrected chi connectivity index (χ2v) is 11.7. The van der Waals surface area contributed by atoms with E-state index in [4.69, 9.17) is 34.4 Å². The number of piperidine rings is 1. The summed E-state index contributed by atoms with van der Waals surface area (Å²) in [5, 5.41) is 45.1. The van der Waals surface area contributed by atoms with Crippen molar-refractivity contribution < 1.29 is 47.5 Å². The zero-order valence-electron chi connectivity index (χ0n) is 28.4. The van der Waals surface area contributed by atoms with Crippen LogP contribution in [0.15, 0.2) is 54.6 Å². The van der Waals surface area contributed by atoms with Crippen molar-refractivity contribution in [1.82, 2.24) is 20.1 Å². The number of hydrogen-bond donors (Lipinski definition) is 4. The van der Waals surface area contributed by atoms with Gasteiger partial charge in [-0.05, 0) is 88.3 Å². The molecule has 3 aromatic carbocycles. The van der Waals surface area contributed by atoms with Crippen molar-refractivity contribution in [2.45, 2.75) is 32.4 Å².